The number of fused-ring (bicyclic) bond motifs is 3. The lowest BCUT2D eigenvalue weighted by Crippen LogP contribution is -2.48. The molecule has 3 amide bonds. The molecule has 3 aliphatic heterocycles. The van der Waals surface area contributed by atoms with Crippen molar-refractivity contribution < 1.29 is 38.1 Å². The van der Waals surface area contributed by atoms with Gasteiger partial charge in [-0.15, -0.1) is 0 Å². The quantitative estimate of drug-likeness (QED) is 0.191. The molecule has 296 valence electrons. The van der Waals surface area contributed by atoms with E-state index in [-0.39, 0.29) is 36.6 Å². The van der Waals surface area contributed by atoms with Gasteiger partial charge in [-0.2, -0.15) is 4.98 Å². The Labute approximate surface area is 324 Å². The zero-order valence-electron chi connectivity index (χ0n) is 32.1. The second-order valence-electron chi connectivity index (χ2n) is 15.0. The van der Waals surface area contributed by atoms with E-state index >= 15 is 0 Å². The summed E-state index contributed by atoms with van der Waals surface area (Å²) in [7, 11) is 1.60. The monoisotopic (exact) mass is 769 g/mol. The Bertz CT molecular complexity index is 2140. The minimum Gasteiger partial charge on any atom is -0.497 e. The molecule has 2 atom stereocenters. The third-order valence-corrected chi connectivity index (χ3v) is 9.76. The first-order valence-electron chi connectivity index (χ1n) is 18.8. The van der Waals surface area contributed by atoms with E-state index in [1.54, 1.807) is 46.9 Å². The van der Waals surface area contributed by atoms with Gasteiger partial charge < -0.3 is 29.0 Å². The van der Waals surface area contributed by atoms with E-state index in [4.69, 9.17) is 28.7 Å². The minimum atomic E-state index is -0.568. The minimum absolute atomic E-state index is 0.0415. The maximum atomic E-state index is 13.3. The van der Waals surface area contributed by atoms with Crippen molar-refractivity contribution in [1.82, 2.24) is 24.8 Å². The Morgan fingerprint density at radius 2 is 1.73 bits per heavy atom. The van der Waals surface area contributed by atoms with E-state index in [2.05, 4.69) is 15.2 Å². The first-order chi connectivity index (χ1) is 26.9. The van der Waals surface area contributed by atoms with Gasteiger partial charge in [0.2, 0.25) is 5.88 Å². The molecule has 6 heterocycles. The average Bonchev–Trinajstić information content (AvgIpc) is 3.57. The number of benzene rings is 1. The number of methoxy groups -OCH3 is 1. The van der Waals surface area contributed by atoms with Gasteiger partial charge in [0.25, 0.3) is 11.5 Å². The van der Waals surface area contributed by atoms with Crippen molar-refractivity contribution in [2.75, 3.05) is 62.8 Å². The third-order valence-electron chi connectivity index (χ3n) is 9.76. The molecule has 16 heteroatoms. The van der Waals surface area contributed by atoms with Gasteiger partial charge in [0.1, 0.15) is 28.9 Å². The summed E-state index contributed by atoms with van der Waals surface area (Å²) in [6.07, 6.45) is -0.0169. The number of aromatic nitrogens is 3. The van der Waals surface area contributed by atoms with Crippen molar-refractivity contribution in [3.63, 3.8) is 0 Å². The van der Waals surface area contributed by atoms with E-state index in [1.165, 1.54) is 4.90 Å². The number of alkyl carbamates (subject to hydrolysis) is 1. The van der Waals surface area contributed by atoms with Crippen molar-refractivity contribution in [2.24, 2.45) is 5.92 Å². The molecule has 0 bridgehead atoms. The molecule has 0 saturated carbocycles. The summed E-state index contributed by atoms with van der Waals surface area (Å²) in [6.45, 7) is 9.14. The predicted molar refractivity (Wildman–Crippen MR) is 206 cm³/mol. The fourth-order valence-electron chi connectivity index (χ4n) is 7.05. The fraction of sp³-hybridized carbons (Fsp3) is 0.450. The first-order valence-corrected chi connectivity index (χ1v) is 18.8. The highest BCUT2D eigenvalue weighted by Gasteiger charge is 2.43. The second-order valence-corrected chi connectivity index (χ2v) is 15.0. The summed E-state index contributed by atoms with van der Waals surface area (Å²) in [5.41, 5.74) is 0.704. The highest BCUT2D eigenvalue weighted by molar-refractivity contribution is 5.97. The summed E-state index contributed by atoms with van der Waals surface area (Å²) in [4.78, 5) is 65.9. The third kappa shape index (κ3) is 8.96. The van der Waals surface area contributed by atoms with E-state index in [0.29, 0.717) is 93.4 Å². The first kappa shape index (κ1) is 38.4. The number of likely N-dealkylation sites (tertiary alicyclic amines) is 1. The lowest BCUT2D eigenvalue weighted by molar-refractivity contribution is -0.121. The molecule has 2 fully saturated rings. The number of carbonyl (C=O) groups excluding carboxylic acids is 3. The highest BCUT2D eigenvalue weighted by atomic mass is 16.6. The summed E-state index contributed by atoms with van der Waals surface area (Å²) in [5.74, 6) is 2.11. The van der Waals surface area contributed by atoms with Gasteiger partial charge in [0, 0.05) is 62.7 Å². The van der Waals surface area contributed by atoms with Crippen LogP contribution in [0.15, 0.2) is 65.5 Å². The number of aryl methyl sites for hydroxylation is 1. The zero-order chi connectivity index (χ0) is 39.4. The number of hydrogen-bond acceptors (Lipinski definition) is 12. The summed E-state index contributed by atoms with van der Waals surface area (Å²) < 4.78 is 29.6. The van der Waals surface area contributed by atoms with Crippen LogP contribution in [0.3, 0.4) is 0 Å². The van der Waals surface area contributed by atoms with E-state index < -0.39 is 17.8 Å². The Kier molecular flexibility index (Phi) is 11.3. The molecule has 7 rings (SSSR count). The van der Waals surface area contributed by atoms with Crippen LogP contribution in [0.2, 0.25) is 0 Å². The maximum absolute atomic E-state index is 13.3. The van der Waals surface area contributed by atoms with Crippen LogP contribution in [-0.4, -0.2) is 102 Å². The van der Waals surface area contributed by atoms with Crippen LogP contribution in [-0.2, 0) is 27.4 Å². The van der Waals surface area contributed by atoms with E-state index in [0.717, 1.165) is 10.9 Å². The van der Waals surface area contributed by atoms with E-state index in [1.807, 2.05) is 51.1 Å². The molecule has 16 nitrogen and oxygen atoms in total. The van der Waals surface area contributed by atoms with Gasteiger partial charge in [-0.25, -0.2) is 14.6 Å². The fourth-order valence-corrected chi connectivity index (χ4v) is 7.05. The van der Waals surface area contributed by atoms with Crippen molar-refractivity contribution in [3.8, 4) is 17.4 Å². The van der Waals surface area contributed by atoms with Gasteiger partial charge in [-0.3, -0.25) is 28.9 Å². The molecule has 0 unspecified atom stereocenters. The average molecular weight is 770 g/mol. The molecule has 2 saturated heterocycles. The number of rotatable bonds is 13. The van der Waals surface area contributed by atoms with Crippen molar-refractivity contribution in [1.29, 1.82) is 0 Å². The number of anilines is 2. The maximum Gasteiger partial charge on any atom is 0.415 e. The number of hydrogen-bond donors (Lipinski definition) is 1. The van der Waals surface area contributed by atoms with Gasteiger partial charge in [0.15, 0.2) is 18.2 Å². The number of carbonyl (C=O) groups is 3. The molecule has 1 N–H and O–H groups in total. The van der Waals surface area contributed by atoms with E-state index in [9.17, 15) is 19.2 Å². The Balaban J connectivity index is 0.940. The lowest BCUT2D eigenvalue weighted by atomic mass is 10.0. The molecule has 0 radical (unpaired) electrons. The highest BCUT2D eigenvalue weighted by Crippen LogP contribution is 2.36. The number of nitrogens with one attached hydrogen (secondary N) is 1. The van der Waals surface area contributed by atoms with Crippen LogP contribution >= 0.6 is 0 Å². The molecule has 3 aliphatic rings. The standard InChI is InChI=1S/C40H47N7O9/c1-40(2,3)56-38(50)41-17-5-20-53-33-15-9-27-10-16-34(48)45(36(27)43-33)19-6-18-44-22-28-23-46(39(51)55-31(28)24-44)32-14-13-30-37(42-32)47(35(49)25-54-30)21-26-7-11-29(52-4)12-8-26/h7-16,28,31H,5-6,17-25H2,1-4H3,(H,41,50)/t28-,31-/m0/s1. The Morgan fingerprint density at radius 1 is 0.929 bits per heavy atom. The van der Waals surface area contributed by atoms with Crippen LogP contribution in [0.25, 0.3) is 11.0 Å². The predicted octanol–water partition coefficient (Wildman–Crippen LogP) is 4.37. The molecule has 3 aromatic heterocycles. The number of nitrogens with zero attached hydrogens (tertiary/aromatic N) is 6. The summed E-state index contributed by atoms with van der Waals surface area (Å²) >= 11 is 0. The molecule has 0 spiro atoms. The van der Waals surface area contributed by atoms with Crippen molar-refractivity contribution in [2.45, 2.75) is 58.4 Å². The molecule has 56 heavy (non-hydrogen) atoms. The van der Waals surface area contributed by atoms with Gasteiger partial charge in [0.05, 0.1) is 20.3 Å². The molecular formula is C40H47N7O9. The largest absolute Gasteiger partial charge is 0.497 e. The summed E-state index contributed by atoms with van der Waals surface area (Å²) in [6, 6.07) is 17.8. The summed E-state index contributed by atoms with van der Waals surface area (Å²) in [5, 5.41) is 3.53. The topological polar surface area (TPSA) is 167 Å². The lowest BCUT2D eigenvalue weighted by Gasteiger charge is -2.34. The van der Waals surface area contributed by atoms with Gasteiger partial charge >= 0.3 is 12.2 Å². The Hall–Kier alpha value is -5.90. The van der Waals surface area contributed by atoms with Crippen LogP contribution in [0.1, 0.15) is 39.2 Å². The van der Waals surface area contributed by atoms with Gasteiger partial charge in [-0.1, -0.05) is 12.1 Å². The second kappa shape index (κ2) is 16.5. The number of pyridine rings is 3. The Morgan fingerprint density at radius 3 is 2.52 bits per heavy atom. The van der Waals surface area contributed by atoms with Crippen LogP contribution in [0.4, 0.5) is 21.2 Å². The smallest absolute Gasteiger partial charge is 0.415 e. The van der Waals surface area contributed by atoms with Crippen molar-refractivity contribution >= 4 is 40.8 Å². The normalized spacial score (nSPS) is 18.2. The van der Waals surface area contributed by atoms with Crippen LogP contribution < -0.4 is 34.9 Å². The van der Waals surface area contributed by atoms with Crippen LogP contribution in [0, 0.1) is 5.92 Å². The zero-order valence-corrected chi connectivity index (χ0v) is 32.1. The SMILES string of the molecule is COc1ccc(CN2C(=O)COc3ccc(N4C[C@@H]5CN(CCCn6c(=O)ccc7ccc(OCCCNC(=O)OC(C)(C)C)nc76)C[C@@H]5OC4=O)nc32)cc1. The van der Waals surface area contributed by atoms with Crippen LogP contribution in [0.5, 0.6) is 17.4 Å². The molecular weight excluding hydrogens is 722 g/mol. The number of amides is 3. The van der Waals surface area contributed by atoms with Crippen molar-refractivity contribution in [3.05, 3.63) is 76.6 Å². The number of ether oxygens (including phenoxy) is 5. The molecule has 4 aromatic rings. The molecule has 1 aromatic carbocycles. The molecule has 0 aliphatic carbocycles. The van der Waals surface area contributed by atoms with Gasteiger partial charge in [-0.05, 0) is 75.6 Å².